The van der Waals surface area contributed by atoms with Gasteiger partial charge in [0.05, 0.1) is 12.6 Å². The zero-order valence-electron chi connectivity index (χ0n) is 19.8. The summed E-state index contributed by atoms with van der Waals surface area (Å²) in [5.41, 5.74) is 4.14. The molecule has 3 atom stereocenters. The Labute approximate surface area is 196 Å². The van der Waals surface area contributed by atoms with Crippen LogP contribution in [0.2, 0.25) is 5.02 Å². The Balaban J connectivity index is 1.69. The van der Waals surface area contributed by atoms with Gasteiger partial charge in [-0.1, -0.05) is 50.9 Å². The van der Waals surface area contributed by atoms with Crippen LogP contribution >= 0.6 is 11.6 Å². The fourth-order valence-corrected chi connectivity index (χ4v) is 5.38. The minimum atomic E-state index is -0.164. The summed E-state index contributed by atoms with van der Waals surface area (Å²) in [6, 6.07) is 14.2. The molecule has 5 heteroatoms. The summed E-state index contributed by atoms with van der Waals surface area (Å²) in [4.78, 5) is 13.2. The number of halogens is 1. The van der Waals surface area contributed by atoms with Gasteiger partial charge in [0.2, 0.25) is 0 Å². The molecule has 2 aromatic carbocycles. The van der Waals surface area contributed by atoms with Gasteiger partial charge in [-0.3, -0.25) is 0 Å². The van der Waals surface area contributed by atoms with Crippen LogP contribution in [0.25, 0.3) is 22.4 Å². The quantitative estimate of drug-likeness (QED) is 0.345. The number of imidazole rings is 1. The minimum absolute atomic E-state index is 0.00283. The molecule has 1 aliphatic carbocycles. The minimum Gasteiger partial charge on any atom is -0.459 e. The summed E-state index contributed by atoms with van der Waals surface area (Å²) in [6.45, 7) is 8.93. The molecule has 4 rings (SSSR count). The van der Waals surface area contributed by atoms with E-state index in [4.69, 9.17) is 16.3 Å². The second kappa shape index (κ2) is 9.27. The maximum atomic E-state index is 13.2. The standard InChI is InChI=1S/C27H34ClN2O2/c1-17(2)21-12-10-18(3)14-25(21)32-26(31)16-30-24-9-7-6-8-23(24)29(5)27(30)20-11-13-22(28)19(4)15-20/h6-9,11,13,15,17-18,21,25H,10,12,14,16H2,1-5H3/q+1/t18-,21+,25-/m1/s1. The predicted molar refractivity (Wildman–Crippen MR) is 130 cm³/mol. The van der Waals surface area contributed by atoms with Gasteiger partial charge in [-0.25, -0.2) is 13.9 Å². The number of aryl methyl sites for hydroxylation is 2. The fourth-order valence-electron chi connectivity index (χ4n) is 5.26. The Morgan fingerprint density at radius 3 is 2.69 bits per heavy atom. The van der Waals surface area contributed by atoms with Gasteiger partial charge in [0.1, 0.15) is 6.10 Å². The van der Waals surface area contributed by atoms with Crippen LogP contribution in [0, 0.1) is 24.7 Å². The summed E-state index contributed by atoms with van der Waals surface area (Å²) in [6.07, 6.45) is 3.31. The van der Waals surface area contributed by atoms with Gasteiger partial charge in [-0.15, -0.1) is 0 Å². The van der Waals surface area contributed by atoms with Gasteiger partial charge in [-0.2, -0.15) is 0 Å². The molecule has 170 valence electrons. The van der Waals surface area contributed by atoms with Crippen LogP contribution in [0.3, 0.4) is 0 Å². The molecule has 0 spiro atoms. The van der Waals surface area contributed by atoms with E-state index < -0.39 is 0 Å². The van der Waals surface area contributed by atoms with Crippen molar-refractivity contribution in [3.63, 3.8) is 0 Å². The van der Waals surface area contributed by atoms with Gasteiger partial charge in [0, 0.05) is 5.02 Å². The highest BCUT2D eigenvalue weighted by molar-refractivity contribution is 6.31. The summed E-state index contributed by atoms with van der Waals surface area (Å²) < 4.78 is 10.4. The second-order valence-corrected chi connectivity index (χ2v) is 10.2. The lowest BCUT2D eigenvalue weighted by Crippen LogP contribution is -2.37. The van der Waals surface area contributed by atoms with Gasteiger partial charge in [0.25, 0.3) is 5.82 Å². The van der Waals surface area contributed by atoms with E-state index in [2.05, 4.69) is 48.1 Å². The van der Waals surface area contributed by atoms with Crippen molar-refractivity contribution in [1.29, 1.82) is 0 Å². The van der Waals surface area contributed by atoms with Crippen molar-refractivity contribution in [1.82, 2.24) is 4.57 Å². The summed E-state index contributed by atoms with van der Waals surface area (Å²) >= 11 is 6.28. The predicted octanol–water partition coefficient (Wildman–Crippen LogP) is 6.10. The lowest BCUT2D eigenvalue weighted by Gasteiger charge is -2.36. The zero-order valence-corrected chi connectivity index (χ0v) is 20.5. The van der Waals surface area contributed by atoms with Gasteiger partial charge in [0.15, 0.2) is 17.6 Å². The lowest BCUT2D eigenvalue weighted by molar-refractivity contribution is -0.634. The molecule has 0 N–H and O–H groups in total. The number of esters is 1. The molecule has 0 saturated heterocycles. The molecule has 0 aliphatic heterocycles. The molecule has 4 nitrogen and oxygen atoms in total. The van der Waals surface area contributed by atoms with E-state index in [1.165, 1.54) is 6.42 Å². The third-order valence-electron chi connectivity index (χ3n) is 7.05. The Hall–Kier alpha value is -2.33. The Morgan fingerprint density at radius 2 is 1.97 bits per heavy atom. The van der Waals surface area contributed by atoms with Crippen molar-refractivity contribution in [2.45, 2.75) is 59.6 Å². The van der Waals surface area contributed by atoms with Crippen molar-refractivity contribution in [2.75, 3.05) is 0 Å². The van der Waals surface area contributed by atoms with Crippen LogP contribution in [0.15, 0.2) is 42.5 Å². The van der Waals surface area contributed by atoms with Gasteiger partial charge in [-0.05, 0) is 73.4 Å². The Kier molecular flexibility index (Phi) is 6.62. The number of ether oxygens (including phenoxy) is 1. The number of para-hydroxylation sites is 2. The SMILES string of the molecule is Cc1cc(-c2n(CC(=O)O[C@@H]3C[C@H](C)CC[C@H]3C(C)C)c3ccccc3[n+]2C)ccc1Cl. The molecule has 0 bridgehead atoms. The largest absolute Gasteiger partial charge is 0.459 e. The molecule has 0 amide bonds. The highest BCUT2D eigenvalue weighted by Crippen LogP contribution is 2.35. The number of carbonyl (C=O) groups excluding carboxylic acids is 1. The Bertz CT molecular complexity index is 1130. The lowest BCUT2D eigenvalue weighted by atomic mass is 9.75. The molecule has 1 aliphatic rings. The average Bonchev–Trinajstić information content (AvgIpc) is 3.02. The molecule has 1 fully saturated rings. The first-order valence-electron chi connectivity index (χ1n) is 11.7. The van der Waals surface area contributed by atoms with E-state index >= 15 is 0 Å². The molecular formula is C27H34ClN2O2+. The summed E-state index contributed by atoms with van der Waals surface area (Å²) in [5, 5.41) is 0.740. The number of hydrogen-bond donors (Lipinski definition) is 0. The van der Waals surface area contributed by atoms with Crippen LogP contribution in [0.5, 0.6) is 0 Å². The molecule has 1 saturated carbocycles. The van der Waals surface area contributed by atoms with Crippen molar-refractivity contribution in [3.8, 4) is 11.4 Å². The number of aromatic nitrogens is 2. The van der Waals surface area contributed by atoms with Crippen LogP contribution in [-0.2, 0) is 23.1 Å². The van der Waals surface area contributed by atoms with Crippen molar-refractivity contribution < 1.29 is 14.1 Å². The van der Waals surface area contributed by atoms with Crippen molar-refractivity contribution in [3.05, 3.63) is 53.1 Å². The molecule has 0 radical (unpaired) electrons. The average molecular weight is 454 g/mol. The summed E-state index contributed by atoms with van der Waals surface area (Å²) in [5.74, 6) is 2.35. The third-order valence-corrected chi connectivity index (χ3v) is 7.48. The van der Waals surface area contributed by atoms with E-state index in [0.29, 0.717) is 17.8 Å². The van der Waals surface area contributed by atoms with E-state index in [9.17, 15) is 4.79 Å². The molecule has 1 aromatic heterocycles. The molecule has 3 aromatic rings. The number of carbonyl (C=O) groups is 1. The van der Waals surface area contributed by atoms with E-state index in [1.807, 2.05) is 38.2 Å². The maximum absolute atomic E-state index is 13.2. The van der Waals surface area contributed by atoms with Crippen LogP contribution in [0.4, 0.5) is 0 Å². The summed E-state index contributed by atoms with van der Waals surface area (Å²) in [7, 11) is 2.04. The third kappa shape index (κ3) is 4.43. The van der Waals surface area contributed by atoms with Crippen LogP contribution in [0.1, 0.15) is 45.6 Å². The Morgan fingerprint density at radius 1 is 1.22 bits per heavy atom. The second-order valence-electron chi connectivity index (χ2n) is 9.78. The first-order valence-corrected chi connectivity index (χ1v) is 12.1. The van der Waals surface area contributed by atoms with E-state index in [-0.39, 0.29) is 18.6 Å². The maximum Gasteiger partial charge on any atom is 0.348 e. The zero-order chi connectivity index (χ0) is 23.0. The topological polar surface area (TPSA) is 35.1 Å². The van der Waals surface area contributed by atoms with Crippen molar-refractivity contribution >= 4 is 28.6 Å². The molecule has 32 heavy (non-hydrogen) atoms. The normalized spacial score (nSPS) is 21.3. The van der Waals surface area contributed by atoms with Crippen LogP contribution in [-0.4, -0.2) is 16.6 Å². The monoisotopic (exact) mass is 453 g/mol. The number of benzene rings is 2. The fraction of sp³-hybridized carbons (Fsp3) is 0.481. The van der Waals surface area contributed by atoms with Gasteiger partial charge >= 0.3 is 5.97 Å². The number of nitrogens with zero attached hydrogens (tertiary/aromatic N) is 2. The highest BCUT2D eigenvalue weighted by atomic mass is 35.5. The molecule has 0 unspecified atom stereocenters. The first-order chi connectivity index (χ1) is 15.3. The highest BCUT2D eigenvalue weighted by Gasteiger charge is 2.34. The van der Waals surface area contributed by atoms with E-state index in [1.54, 1.807) is 0 Å². The molecule has 1 heterocycles. The number of hydrogen-bond acceptors (Lipinski definition) is 2. The number of fused-ring (bicyclic) bond motifs is 1. The first kappa shape index (κ1) is 22.8. The number of rotatable bonds is 5. The van der Waals surface area contributed by atoms with Gasteiger partial charge < -0.3 is 4.74 Å². The smallest absolute Gasteiger partial charge is 0.348 e. The van der Waals surface area contributed by atoms with Crippen molar-refractivity contribution in [2.24, 2.45) is 24.8 Å². The van der Waals surface area contributed by atoms with Crippen LogP contribution < -0.4 is 4.57 Å². The van der Waals surface area contributed by atoms with E-state index in [0.717, 1.165) is 45.8 Å². The molecular weight excluding hydrogens is 420 g/mol.